The fourth-order valence-corrected chi connectivity index (χ4v) is 3.26. The third kappa shape index (κ3) is 1.51. The Hall–Kier alpha value is -2.65. The predicted molar refractivity (Wildman–Crippen MR) is 90.5 cm³/mol. The first-order valence-electron chi connectivity index (χ1n) is 7.05. The van der Waals surface area contributed by atoms with E-state index >= 15 is 0 Å². The van der Waals surface area contributed by atoms with E-state index < -0.39 is 0 Å². The van der Waals surface area contributed by atoms with Crippen molar-refractivity contribution in [2.24, 2.45) is 0 Å². The van der Waals surface area contributed by atoms with Crippen molar-refractivity contribution >= 4 is 50.1 Å². The fourth-order valence-electron chi connectivity index (χ4n) is 3.10. The molecule has 0 atom stereocenters. The Bertz CT molecular complexity index is 1190. The van der Waals surface area contributed by atoms with Crippen molar-refractivity contribution in [2.45, 2.75) is 0 Å². The first-order valence-corrected chi connectivity index (χ1v) is 7.43. The van der Waals surface area contributed by atoms with Crippen molar-refractivity contribution in [2.75, 3.05) is 0 Å². The first kappa shape index (κ1) is 12.0. The minimum absolute atomic E-state index is 0.697. The van der Waals surface area contributed by atoms with Gasteiger partial charge in [0.15, 0.2) is 0 Å². The maximum atomic E-state index is 6.10. The van der Waals surface area contributed by atoms with Gasteiger partial charge in [0.25, 0.3) is 0 Å². The van der Waals surface area contributed by atoms with Gasteiger partial charge in [-0.25, -0.2) is 4.98 Å². The van der Waals surface area contributed by atoms with Crippen LogP contribution in [-0.2, 0) is 0 Å². The van der Waals surface area contributed by atoms with Crippen LogP contribution in [0.2, 0.25) is 5.02 Å². The van der Waals surface area contributed by atoms with E-state index in [0.717, 1.165) is 38.5 Å². The number of imidazole rings is 1. The summed E-state index contributed by atoms with van der Waals surface area (Å²) in [5.74, 6) is 0. The van der Waals surface area contributed by atoms with Gasteiger partial charge in [-0.15, -0.1) is 0 Å². The maximum Gasteiger partial charge on any atom is 0.138 e. The van der Waals surface area contributed by atoms with Crippen molar-refractivity contribution in [3.8, 4) is 0 Å². The van der Waals surface area contributed by atoms with Crippen molar-refractivity contribution in [3.63, 3.8) is 0 Å². The summed E-state index contributed by atoms with van der Waals surface area (Å²) in [7, 11) is 0. The number of fused-ring (bicyclic) bond motifs is 7. The van der Waals surface area contributed by atoms with Crippen LogP contribution in [0.1, 0.15) is 0 Å². The summed E-state index contributed by atoms with van der Waals surface area (Å²) in [6.07, 6.45) is 1.83. The minimum atomic E-state index is 0.697. The summed E-state index contributed by atoms with van der Waals surface area (Å²) < 4.78 is 2.16. The van der Waals surface area contributed by atoms with Crippen LogP contribution in [0, 0.1) is 0 Å². The number of pyridine rings is 2. The minimum Gasteiger partial charge on any atom is -0.290 e. The number of hydrogen-bond donors (Lipinski definition) is 0. The van der Waals surface area contributed by atoms with Gasteiger partial charge in [0, 0.05) is 22.0 Å². The second kappa shape index (κ2) is 4.18. The molecule has 0 bridgehead atoms. The van der Waals surface area contributed by atoms with Crippen LogP contribution < -0.4 is 0 Å². The van der Waals surface area contributed by atoms with Crippen LogP contribution >= 0.6 is 11.6 Å². The normalized spacial score (nSPS) is 11.9. The summed E-state index contributed by atoms with van der Waals surface area (Å²) in [6, 6.07) is 18.2. The number of halogens is 1. The summed E-state index contributed by atoms with van der Waals surface area (Å²) >= 11 is 6.10. The Balaban J connectivity index is 2.14. The summed E-state index contributed by atoms with van der Waals surface area (Å²) in [5.41, 5.74) is 4.92. The smallest absolute Gasteiger partial charge is 0.138 e. The molecule has 0 N–H and O–H groups in total. The lowest BCUT2D eigenvalue weighted by atomic mass is 10.1. The molecule has 0 aliphatic heterocycles. The van der Waals surface area contributed by atoms with Gasteiger partial charge in [0.2, 0.25) is 0 Å². The molecule has 3 heterocycles. The number of aromatic nitrogens is 3. The van der Waals surface area contributed by atoms with Crippen LogP contribution in [-0.4, -0.2) is 14.4 Å². The van der Waals surface area contributed by atoms with Crippen LogP contribution in [0.15, 0.2) is 60.8 Å². The van der Waals surface area contributed by atoms with E-state index in [-0.39, 0.29) is 0 Å². The van der Waals surface area contributed by atoms with Gasteiger partial charge in [-0.1, -0.05) is 29.8 Å². The second-order valence-electron chi connectivity index (χ2n) is 5.35. The Labute approximate surface area is 130 Å². The van der Waals surface area contributed by atoms with E-state index in [9.17, 15) is 0 Å². The zero-order valence-electron chi connectivity index (χ0n) is 11.5. The Morgan fingerprint density at radius 1 is 0.909 bits per heavy atom. The molecule has 0 radical (unpaired) electrons. The lowest BCUT2D eigenvalue weighted by Gasteiger charge is -2.06. The molecule has 2 aromatic carbocycles. The monoisotopic (exact) mass is 303 g/mol. The predicted octanol–water partition coefficient (Wildman–Crippen LogP) is 4.84. The van der Waals surface area contributed by atoms with Crippen LogP contribution in [0.25, 0.3) is 38.5 Å². The fraction of sp³-hybridized carbons (Fsp3) is 0. The van der Waals surface area contributed by atoms with Gasteiger partial charge in [-0.3, -0.25) is 9.38 Å². The molecule has 0 amide bonds. The Morgan fingerprint density at radius 3 is 2.73 bits per heavy atom. The van der Waals surface area contributed by atoms with E-state index in [1.807, 2.05) is 36.5 Å². The van der Waals surface area contributed by atoms with Gasteiger partial charge >= 0.3 is 0 Å². The third-order valence-corrected chi connectivity index (χ3v) is 4.29. The molecule has 3 aromatic heterocycles. The Morgan fingerprint density at radius 2 is 1.77 bits per heavy atom. The van der Waals surface area contributed by atoms with E-state index in [2.05, 4.69) is 38.6 Å². The highest BCUT2D eigenvalue weighted by Gasteiger charge is 2.11. The molecule has 5 aromatic rings. The summed E-state index contributed by atoms with van der Waals surface area (Å²) in [4.78, 5) is 9.27. The maximum absolute atomic E-state index is 6.10. The molecule has 5 rings (SSSR count). The molecule has 0 saturated heterocycles. The van der Waals surface area contributed by atoms with E-state index in [0.29, 0.717) is 5.02 Å². The van der Waals surface area contributed by atoms with Gasteiger partial charge in [-0.2, -0.15) is 0 Å². The molecule has 0 fully saturated rings. The van der Waals surface area contributed by atoms with Crippen LogP contribution in [0.5, 0.6) is 0 Å². The van der Waals surface area contributed by atoms with E-state index in [4.69, 9.17) is 11.6 Å². The highest BCUT2D eigenvalue weighted by atomic mass is 35.5. The van der Waals surface area contributed by atoms with Gasteiger partial charge < -0.3 is 0 Å². The van der Waals surface area contributed by atoms with Gasteiger partial charge in [-0.05, 0) is 36.4 Å². The lowest BCUT2D eigenvalue weighted by molar-refractivity contribution is 1.29. The summed E-state index contributed by atoms with van der Waals surface area (Å²) in [5, 5.41) is 2.97. The average molecular weight is 304 g/mol. The number of hydrogen-bond acceptors (Lipinski definition) is 2. The zero-order chi connectivity index (χ0) is 14.7. The summed E-state index contributed by atoms with van der Waals surface area (Å²) in [6.45, 7) is 0. The molecule has 3 nitrogen and oxygen atoms in total. The number of nitrogens with zero attached hydrogens (tertiary/aromatic N) is 3. The number of rotatable bonds is 0. The molecule has 4 heteroatoms. The molecule has 0 spiro atoms. The molecule has 0 unspecified atom stereocenters. The highest BCUT2D eigenvalue weighted by molar-refractivity contribution is 6.31. The van der Waals surface area contributed by atoms with Gasteiger partial charge in [0.1, 0.15) is 5.65 Å². The zero-order valence-corrected chi connectivity index (χ0v) is 12.2. The van der Waals surface area contributed by atoms with E-state index in [1.54, 1.807) is 0 Å². The third-order valence-electron chi connectivity index (χ3n) is 4.06. The van der Waals surface area contributed by atoms with Crippen LogP contribution in [0.3, 0.4) is 0 Å². The molecule has 0 aliphatic carbocycles. The SMILES string of the molecule is Clc1ccc2c(c1)nc1ccc3ccc4cccnc4c3n12. The second-order valence-corrected chi connectivity index (χ2v) is 5.79. The molecule has 0 saturated carbocycles. The lowest BCUT2D eigenvalue weighted by Crippen LogP contribution is -1.91. The average Bonchev–Trinajstić information content (AvgIpc) is 2.91. The first-order chi connectivity index (χ1) is 10.8. The Kier molecular flexibility index (Phi) is 2.27. The van der Waals surface area contributed by atoms with Crippen molar-refractivity contribution in [1.29, 1.82) is 0 Å². The van der Waals surface area contributed by atoms with Crippen molar-refractivity contribution in [1.82, 2.24) is 14.4 Å². The quantitative estimate of drug-likeness (QED) is 0.383. The van der Waals surface area contributed by atoms with Gasteiger partial charge in [0.05, 0.1) is 22.1 Å². The molecule has 0 aliphatic rings. The molecular weight excluding hydrogens is 294 g/mol. The molecular formula is C18H10ClN3. The largest absolute Gasteiger partial charge is 0.290 e. The van der Waals surface area contributed by atoms with Crippen molar-refractivity contribution < 1.29 is 0 Å². The van der Waals surface area contributed by atoms with Crippen molar-refractivity contribution in [3.05, 3.63) is 65.8 Å². The van der Waals surface area contributed by atoms with Crippen LogP contribution in [0.4, 0.5) is 0 Å². The highest BCUT2D eigenvalue weighted by Crippen LogP contribution is 2.29. The standard InChI is InChI=1S/C18H10ClN3/c19-13-6-7-15-14(10-13)21-16-8-5-12-4-3-11-2-1-9-20-17(11)18(12)22(15)16/h1-10H. The molecule has 104 valence electrons. The number of benzene rings is 2. The molecule has 22 heavy (non-hydrogen) atoms. The topological polar surface area (TPSA) is 30.2 Å². The van der Waals surface area contributed by atoms with E-state index in [1.165, 1.54) is 0 Å².